The average Bonchev–Trinajstić information content (AvgIpc) is 2.67. The minimum Gasteiger partial charge on any atom is -0.497 e. The number of ketones is 1. The second kappa shape index (κ2) is 7.83. The molecule has 0 aliphatic carbocycles. The fraction of sp³-hybridized carbons (Fsp3) is 0.182. The van der Waals surface area contributed by atoms with Gasteiger partial charge in [0.05, 0.1) is 20.1 Å². The summed E-state index contributed by atoms with van der Waals surface area (Å²) in [5.74, 6) is 0.188. The minimum absolute atomic E-state index is 0.0505. The van der Waals surface area contributed by atoms with Gasteiger partial charge in [0.15, 0.2) is 5.78 Å². The Kier molecular flexibility index (Phi) is 5.32. The third kappa shape index (κ3) is 3.59. The molecule has 26 heavy (non-hydrogen) atoms. The number of carbonyl (C=O) groups excluding carboxylic acids is 2. The molecule has 0 heterocycles. The molecule has 0 saturated carbocycles. The highest BCUT2D eigenvalue weighted by Gasteiger charge is 2.19. The van der Waals surface area contributed by atoms with Crippen molar-refractivity contribution in [2.45, 2.75) is 13.3 Å². The van der Waals surface area contributed by atoms with Crippen LogP contribution in [0.4, 0.5) is 0 Å². The van der Waals surface area contributed by atoms with Gasteiger partial charge in [-0.2, -0.15) is 0 Å². The van der Waals surface area contributed by atoms with Gasteiger partial charge in [-0.15, -0.1) is 0 Å². The molecular weight excluding hydrogens is 328 g/mol. The Hall–Kier alpha value is -3.14. The number of fused-ring (bicyclic) bond motifs is 1. The molecule has 0 spiro atoms. The summed E-state index contributed by atoms with van der Waals surface area (Å²) in [5.41, 5.74) is 1.74. The maximum absolute atomic E-state index is 13.2. The number of hydrogen-bond donors (Lipinski definition) is 0. The van der Waals surface area contributed by atoms with Gasteiger partial charge in [-0.3, -0.25) is 9.59 Å². The van der Waals surface area contributed by atoms with Crippen LogP contribution >= 0.6 is 0 Å². The van der Waals surface area contributed by atoms with Crippen LogP contribution in [0.25, 0.3) is 10.8 Å². The van der Waals surface area contributed by atoms with Gasteiger partial charge in [0, 0.05) is 11.1 Å². The smallest absolute Gasteiger partial charge is 0.310 e. The fourth-order valence-electron chi connectivity index (χ4n) is 2.99. The molecule has 0 unspecified atom stereocenters. The molecule has 0 radical (unpaired) electrons. The van der Waals surface area contributed by atoms with E-state index in [2.05, 4.69) is 0 Å². The quantitative estimate of drug-likeness (QED) is 0.495. The summed E-state index contributed by atoms with van der Waals surface area (Å²) in [6.45, 7) is 2.07. The SMILES string of the molecule is CCOC(=O)Cc1ccc2ccc(OC)cc2c1C(=O)c1ccccc1. The number of benzene rings is 3. The molecule has 4 heteroatoms. The highest BCUT2D eigenvalue weighted by atomic mass is 16.5. The van der Waals surface area contributed by atoms with Gasteiger partial charge in [-0.25, -0.2) is 0 Å². The summed E-state index contributed by atoms with van der Waals surface area (Å²) in [5, 5.41) is 1.68. The van der Waals surface area contributed by atoms with Crippen LogP contribution in [-0.4, -0.2) is 25.5 Å². The van der Waals surface area contributed by atoms with E-state index in [-0.39, 0.29) is 18.2 Å². The van der Waals surface area contributed by atoms with Crippen LogP contribution in [-0.2, 0) is 16.0 Å². The van der Waals surface area contributed by atoms with Gasteiger partial charge < -0.3 is 9.47 Å². The number of ether oxygens (including phenoxy) is 2. The van der Waals surface area contributed by atoms with Crippen molar-refractivity contribution in [1.29, 1.82) is 0 Å². The summed E-state index contributed by atoms with van der Waals surface area (Å²) in [4.78, 5) is 25.3. The Morgan fingerprint density at radius 1 is 0.962 bits per heavy atom. The van der Waals surface area contributed by atoms with Crippen molar-refractivity contribution in [3.8, 4) is 5.75 Å². The van der Waals surface area contributed by atoms with E-state index in [0.717, 1.165) is 10.8 Å². The molecule has 0 bridgehead atoms. The molecule has 4 nitrogen and oxygen atoms in total. The second-order valence-electron chi connectivity index (χ2n) is 5.86. The van der Waals surface area contributed by atoms with Crippen LogP contribution in [0, 0.1) is 0 Å². The Morgan fingerprint density at radius 3 is 2.38 bits per heavy atom. The number of hydrogen-bond acceptors (Lipinski definition) is 4. The molecule has 3 aromatic carbocycles. The zero-order chi connectivity index (χ0) is 18.5. The molecule has 0 aliphatic heterocycles. The molecule has 0 aliphatic rings. The topological polar surface area (TPSA) is 52.6 Å². The number of methoxy groups -OCH3 is 1. The second-order valence-corrected chi connectivity index (χ2v) is 5.86. The lowest BCUT2D eigenvalue weighted by molar-refractivity contribution is -0.142. The first-order valence-corrected chi connectivity index (χ1v) is 8.49. The van der Waals surface area contributed by atoms with Crippen molar-refractivity contribution in [2.24, 2.45) is 0 Å². The molecule has 0 fully saturated rings. The van der Waals surface area contributed by atoms with E-state index in [1.54, 1.807) is 26.2 Å². The standard InChI is InChI=1S/C22H20O4/c1-3-26-20(23)13-17-10-9-15-11-12-18(25-2)14-19(15)21(17)22(24)16-7-5-4-6-8-16/h4-12,14H,3,13H2,1-2H3. The highest BCUT2D eigenvalue weighted by molar-refractivity contribution is 6.18. The molecule has 0 atom stereocenters. The van der Waals surface area contributed by atoms with Gasteiger partial charge in [-0.05, 0) is 35.4 Å². The molecule has 0 N–H and O–H groups in total. The Balaban J connectivity index is 2.19. The molecule has 3 rings (SSSR count). The first kappa shape index (κ1) is 17.7. The van der Waals surface area contributed by atoms with Crippen molar-refractivity contribution in [2.75, 3.05) is 13.7 Å². The first-order chi connectivity index (χ1) is 12.6. The lowest BCUT2D eigenvalue weighted by Crippen LogP contribution is -2.13. The Labute approximate surface area is 152 Å². The van der Waals surface area contributed by atoms with E-state index >= 15 is 0 Å². The summed E-state index contributed by atoms with van der Waals surface area (Å²) in [6, 6.07) is 18.4. The largest absolute Gasteiger partial charge is 0.497 e. The lowest BCUT2D eigenvalue weighted by Gasteiger charge is -2.13. The fourth-order valence-corrected chi connectivity index (χ4v) is 2.99. The molecular formula is C22H20O4. The van der Waals surface area contributed by atoms with E-state index in [1.807, 2.05) is 48.5 Å². The van der Waals surface area contributed by atoms with Crippen LogP contribution in [0.2, 0.25) is 0 Å². The number of carbonyl (C=O) groups is 2. The van der Waals surface area contributed by atoms with Crippen molar-refractivity contribution in [1.82, 2.24) is 0 Å². The van der Waals surface area contributed by atoms with E-state index in [1.165, 1.54) is 0 Å². The Bertz CT molecular complexity index is 945. The maximum atomic E-state index is 13.2. The summed E-state index contributed by atoms with van der Waals surface area (Å²) in [6.07, 6.45) is 0.0505. The van der Waals surface area contributed by atoms with E-state index in [4.69, 9.17) is 9.47 Å². The van der Waals surface area contributed by atoms with Crippen LogP contribution < -0.4 is 4.74 Å². The minimum atomic E-state index is -0.350. The Morgan fingerprint density at radius 2 is 1.69 bits per heavy atom. The molecule has 3 aromatic rings. The molecule has 0 amide bonds. The number of rotatable bonds is 6. The van der Waals surface area contributed by atoms with Gasteiger partial charge in [-0.1, -0.05) is 48.5 Å². The zero-order valence-electron chi connectivity index (χ0n) is 14.8. The molecule has 0 saturated heterocycles. The van der Waals surface area contributed by atoms with Crippen molar-refractivity contribution in [3.63, 3.8) is 0 Å². The van der Waals surface area contributed by atoms with Gasteiger partial charge >= 0.3 is 5.97 Å². The van der Waals surface area contributed by atoms with Crippen molar-refractivity contribution >= 4 is 22.5 Å². The predicted molar refractivity (Wildman–Crippen MR) is 101 cm³/mol. The maximum Gasteiger partial charge on any atom is 0.310 e. The molecule has 132 valence electrons. The van der Waals surface area contributed by atoms with Crippen LogP contribution in [0.3, 0.4) is 0 Å². The van der Waals surface area contributed by atoms with E-state index < -0.39 is 0 Å². The zero-order valence-corrected chi connectivity index (χ0v) is 14.8. The van der Waals surface area contributed by atoms with Crippen LogP contribution in [0.1, 0.15) is 28.4 Å². The summed E-state index contributed by atoms with van der Waals surface area (Å²) >= 11 is 0. The van der Waals surface area contributed by atoms with E-state index in [0.29, 0.717) is 29.0 Å². The number of esters is 1. The average molecular weight is 348 g/mol. The summed E-state index contributed by atoms with van der Waals surface area (Å²) < 4.78 is 10.4. The monoisotopic (exact) mass is 348 g/mol. The lowest BCUT2D eigenvalue weighted by atomic mass is 9.91. The van der Waals surface area contributed by atoms with Gasteiger partial charge in [0.2, 0.25) is 0 Å². The normalized spacial score (nSPS) is 10.5. The first-order valence-electron chi connectivity index (χ1n) is 8.49. The predicted octanol–water partition coefficient (Wildman–Crippen LogP) is 4.19. The van der Waals surface area contributed by atoms with E-state index in [9.17, 15) is 9.59 Å². The third-order valence-corrected chi connectivity index (χ3v) is 4.22. The third-order valence-electron chi connectivity index (χ3n) is 4.22. The summed E-state index contributed by atoms with van der Waals surface area (Å²) in [7, 11) is 1.59. The highest BCUT2D eigenvalue weighted by Crippen LogP contribution is 2.29. The van der Waals surface area contributed by atoms with Crippen molar-refractivity contribution in [3.05, 3.63) is 77.4 Å². The van der Waals surface area contributed by atoms with Gasteiger partial charge in [0.25, 0.3) is 0 Å². The van der Waals surface area contributed by atoms with Crippen LogP contribution in [0.15, 0.2) is 60.7 Å². The van der Waals surface area contributed by atoms with Gasteiger partial charge in [0.1, 0.15) is 5.75 Å². The van der Waals surface area contributed by atoms with Crippen LogP contribution in [0.5, 0.6) is 5.75 Å². The van der Waals surface area contributed by atoms with Crippen molar-refractivity contribution < 1.29 is 19.1 Å². The molecule has 0 aromatic heterocycles.